The number of amides is 10. The summed E-state index contributed by atoms with van der Waals surface area (Å²) in [5, 5.41) is 101. The third kappa shape index (κ3) is 26.2. The summed E-state index contributed by atoms with van der Waals surface area (Å²) in [7, 11) is 0. The zero-order valence-corrected chi connectivity index (χ0v) is 49.5. The number of carbonyl (C=O) groups excluding carboxylic acids is 10. The number of hydrogen-bond donors (Lipinski definition) is 21. The first-order chi connectivity index (χ1) is 42.4. The van der Waals surface area contributed by atoms with Crippen molar-refractivity contribution in [1.29, 1.82) is 5.41 Å². The number of aliphatic carboxylic acids is 2. The summed E-state index contributed by atoms with van der Waals surface area (Å²) in [6, 6.07) is 1.31. The van der Waals surface area contributed by atoms with Gasteiger partial charge in [-0.25, -0.2) is 4.79 Å². The van der Waals surface area contributed by atoms with E-state index in [-0.39, 0.29) is 61.2 Å². The lowest BCUT2D eigenvalue weighted by Crippen LogP contribution is -2.62. The Hall–Kier alpha value is -9.99. The Kier molecular flexibility index (Phi) is 30.5. The average molecular weight is 1270 g/mol. The summed E-state index contributed by atoms with van der Waals surface area (Å²) in [5.41, 5.74) is 17.6. The van der Waals surface area contributed by atoms with E-state index in [1.807, 2.05) is 5.32 Å². The Bertz CT molecular complexity index is 2970. The first-order valence-electron chi connectivity index (χ1n) is 28.2. The fraction of sp³-hybridized carbons (Fsp3) is 0.456. The van der Waals surface area contributed by atoms with Gasteiger partial charge in [-0.15, -0.1) is 0 Å². The maximum atomic E-state index is 14.6. The van der Waals surface area contributed by atoms with Gasteiger partial charge < -0.3 is 106 Å². The van der Waals surface area contributed by atoms with Crippen molar-refractivity contribution in [1.82, 2.24) is 53.2 Å². The molecule has 0 aliphatic heterocycles. The van der Waals surface area contributed by atoms with Crippen LogP contribution in [0.25, 0.3) is 0 Å². The second-order valence-electron chi connectivity index (χ2n) is 21.3. The van der Waals surface area contributed by atoms with E-state index >= 15 is 0 Å². The van der Waals surface area contributed by atoms with Gasteiger partial charge >= 0.3 is 11.9 Å². The molecule has 0 fully saturated rings. The number of aromatic hydroxyl groups is 2. The van der Waals surface area contributed by atoms with Crippen LogP contribution in [0.5, 0.6) is 11.5 Å². The Morgan fingerprint density at radius 3 is 1.22 bits per heavy atom. The summed E-state index contributed by atoms with van der Waals surface area (Å²) in [4.78, 5) is 161. The maximum Gasteiger partial charge on any atom is 0.328 e. The monoisotopic (exact) mass is 1260 g/mol. The highest BCUT2D eigenvalue weighted by molar-refractivity contribution is 6.00. The number of nitrogens with one attached hydrogen (secondary N) is 11. The minimum Gasteiger partial charge on any atom is -0.508 e. The lowest BCUT2D eigenvalue weighted by Gasteiger charge is -2.28. The molecular formula is C57H80N14O19. The SMILES string of the molecule is CC(C)C[C@H](NC(=O)[C@H](Cc1ccccc1)NC(=O)[C@H](Cc1ccc(O)cc1)NC(=O)[C@H](CO)NC(=O)[C@H](Cc1ccc(O)cc1)NC(=O)[C@H](CC(=O)O)NC(=O)[C@H](CC(N)=O)NC(=O)[C@@H](N)CCCNC(=N)N)C(=O)N[C@@H](CO)C(=O)N[C@H](C(=O)O)[C@@H](C)O. The van der Waals surface area contributed by atoms with Crippen molar-refractivity contribution in [2.75, 3.05) is 19.8 Å². The van der Waals surface area contributed by atoms with Crippen molar-refractivity contribution in [3.05, 3.63) is 95.6 Å². The molecule has 11 atom stereocenters. The van der Waals surface area contributed by atoms with Crippen molar-refractivity contribution < 1.29 is 93.3 Å². The summed E-state index contributed by atoms with van der Waals surface area (Å²) < 4.78 is 0. The summed E-state index contributed by atoms with van der Waals surface area (Å²) in [6.45, 7) is 2.38. The van der Waals surface area contributed by atoms with Gasteiger partial charge in [0.15, 0.2) is 12.0 Å². The standard InChI is InChI=1S/C57H80N14O19/c1-28(2)20-36(48(81)70-43(27-73)55(88)71-46(29(3)74)56(89)90)64-49(82)37(21-30-8-5-4-6-9-30)65-50(83)38(22-31-11-15-33(75)16-12-31)67-54(87)42(26-72)69-51(84)39(23-32-13-17-34(76)18-14-32)66-53(86)41(25-45(78)79)68-52(85)40(24-44(59)77)63-47(80)35(58)10-7-19-62-57(60)61/h4-6,8-9,11-18,28-29,35-43,46,72-76H,7,10,19-27,58H2,1-3H3,(H2,59,77)(H,63,80)(H,64,82)(H,65,83)(H,66,86)(H,67,87)(H,68,85)(H,69,84)(H,70,81)(H,71,88)(H,78,79)(H,89,90)(H4,60,61,62)/t29-,35+,36+,37+,38+,39+,40+,41+,42+,43+,46+/m1/s1. The molecule has 0 aliphatic carbocycles. The smallest absolute Gasteiger partial charge is 0.328 e. The van der Waals surface area contributed by atoms with Crippen LogP contribution in [0.15, 0.2) is 78.9 Å². The molecule has 0 aromatic heterocycles. The maximum absolute atomic E-state index is 14.6. The molecule has 0 bridgehead atoms. The van der Waals surface area contributed by atoms with E-state index < -0.39 is 176 Å². The van der Waals surface area contributed by atoms with E-state index in [1.165, 1.54) is 48.5 Å². The van der Waals surface area contributed by atoms with Crippen molar-refractivity contribution in [2.45, 2.75) is 139 Å². The van der Waals surface area contributed by atoms with Crippen molar-refractivity contribution >= 4 is 77.0 Å². The van der Waals surface area contributed by atoms with Gasteiger partial charge in [0, 0.05) is 25.8 Å². The Morgan fingerprint density at radius 2 is 0.833 bits per heavy atom. The van der Waals surface area contributed by atoms with Gasteiger partial charge in [0.1, 0.15) is 59.8 Å². The highest BCUT2D eigenvalue weighted by atomic mass is 16.4. The molecule has 3 aromatic carbocycles. The van der Waals surface area contributed by atoms with Crippen LogP contribution in [0.1, 0.15) is 69.6 Å². The molecule has 0 aliphatic rings. The number of carboxylic acid groups (broad SMARTS) is 2. The van der Waals surface area contributed by atoms with Crippen molar-refractivity contribution in [2.24, 2.45) is 23.1 Å². The number of aliphatic hydroxyl groups is 3. The number of nitrogens with two attached hydrogens (primary N) is 3. The molecular weight excluding hydrogens is 1180 g/mol. The van der Waals surface area contributed by atoms with Crippen molar-refractivity contribution in [3.63, 3.8) is 0 Å². The van der Waals surface area contributed by atoms with Gasteiger partial charge in [-0.05, 0) is 73.1 Å². The highest BCUT2D eigenvalue weighted by Gasteiger charge is 2.37. The lowest BCUT2D eigenvalue weighted by atomic mass is 9.99. The van der Waals surface area contributed by atoms with Crippen LogP contribution in [0.2, 0.25) is 0 Å². The summed E-state index contributed by atoms with van der Waals surface area (Å²) in [6.07, 6.45) is -4.60. The van der Waals surface area contributed by atoms with E-state index in [2.05, 4.69) is 47.9 Å². The quantitative estimate of drug-likeness (QED) is 0.0144. The Balaban J connectivity index is 1.99. The Morgan fingerprint density at radius 1 is 0.478 bits per heavy atom. The normalized spacial score (nSPS) is 14.7. The molecule has 0 saturated heterocycles. The fourth-order valence-corrected chi connectivity index (χ4v) is 8.60. The largest absolute Gasteiger partial charge is 0.508 e. The van der Waals surface area contributed by atoms with Gasteiger partial charge in [0.2, 0.25) is 59.1 Å². The molecule has 33 nitrogen and oxygen atoms in total. The average Bonchev–Trinajstić information content (AvgIpc) is 1.49. The number of hydrogen-bond acceptors (Lipinski definition) is 19. The van der Waals surface area contributed by atoms with E-state index in [0.29, 0.717) is 11.1 Å². The molecule has 10 amide bonds. The second-order valence-corrected chi connectivity index (χ2v) is 21.3. The number of phenolic OH excluding ortho intramolecular Hbond substituents is 2. The lowest BCUT2D eigenvalue weighted by molar-refractivity contribution is -0.145. The molecule has 24 N–H and O–H groups in total. The number of carboxylic acids is 2. The molecule has 0 unspecified atom stereocenters. The van der Waals surface area contributed by atoms with Gasteiger partial charge in [-0.2, -0.15) is 0 Å². The first kappa shape index (κ1) is 74.3. The topological polar surface area (TPSA) is 569 Å². The zero-order chi connectivity index (χ0) is 67.4. The number of rotatable bonds is 38. The van der Waals surface area contributed by atoms with Gasteiger partial charge in [-0.1, -0.05) is 68.4 Å². The molecule has 0 radical (unpaired) electrons. The van der Waals surface area contributed by atoms with Crippen LogP contribution in [0.3, 0.4) is 0 Å². The van der Waals surface area contributed by atoms with E-state index in [1.54, 1.807) is 44.2 Å². The van der Waals surface area contributed by atoms with Gasteiger partial charge in [-0.3, -0.25) is 58.1 Å². The van der Waals surface area contributed by atoms with Crippen LogP contribution in [-0.2, 0) is 76.8 Å². The number of benzene rings is 3. The molecule has 0 heterocycles. The molecule has 0 saturated carbocycles. The van der Waals surface area contributed by atoms with E-state index in [4.69, 9.17) is 22.6 Å². The Labute approximate surface area is 515 Å². The molecule has 492 valence electrons. The van der Waals surface area contributed by atoms with E-state index in [0.717, 1.165) is 6.92 Å². The molecule has 0 spiro atoms. The molecule has 90 heavy (non-hydrogen) atoms. The third-order valence-electron chi connectivity index (χ3n) is 13.3. The van der Waals surface area contributed by atoms with Gasteiger partial charge in [0.05, 0.1) is 38.2 Å². The summed E-state index contributed by atoms with van der Waals surface area (Å²) >= 11 is 0. The number of primary amides is 1. The molecule has 33 heteroatoms. The van der Waals surface area contributed by atoms with Crippen LogP contribution >= 0.6 is 0 Å². The number of phenols is 2. The minimum absolute atomic E-state index is 0.00355. The predicted molar refractivity (Wildman–Crippen MR) is 317 cm³/mol. The van der Waals surface area contributed by atoms with Crippen LogP contribution < -0.4 is 70.4 Å². The van der Waals surface area contributed by atoms with Crippen LogP contribution in [0.4, 0.5) is 0 Å². The van der Waals surface area contributed by atoms with Crippen molar-refractivity contribution in [3.8, 4) is 11.5 Å². The van der Waals surface area contributed by atoms with Gasteiger partial charge in [0.25, 0.3) is 0 Å². The highest BCUT2D eigenvalue weighted by Crippen LogP contribution is 2.16. The zero-order valence-electron chi connectivity index (χ0n) is 49.5. The fourth-order valence-electron chi connectivity index (χ4n) is 8.60. The number of guanidine groups is 1. The summed E-state index contributed by atoms with van der Waals surface area (Å²) in [5.74, 6) is -15.8. The van der Waals surface area contributed by atoms with Crippen LogP contribution in [0, 0.1) is 11.3 Å². The molecule has 3 rings (SSSR count). The van der Waals surface area contributed by atoms with E-state index in [9.17, 15) is 93.3 Å². The number of carbonyl (C=O) groups is 12. The minimum atomic E-state index is -2.06. The van der Waals surface area contributed by atoms with Crippen LogP contribution in [-0.4, -0.2) is 199 Å². The molecule has 3 aromatic rings. The first-order valence-corrected chi connectivity index (χ1v) is 28.2. The number of aliphatic hydroxyl groups excluding tert-OH is 3. The third-order valence-corrected chi connectivity index (χ3v) is 13.3. The predicted octanol–water partition coefficient (Wildman–Crippen LogP) is -6.07. The second kappa shape index (κ2) is 37.0.